The summed E-state index contributed by atoms with van der Waals surface area (Å²) in [4.78, 5) is 0. The predicted molar refractivity (Wildman–Crippen MR) is 38.2 cm³/mol. The molecule has 0 spiro atoms. The Bertz CT molecular complexity index is 156. The summed E-state index contributed by atoms with van der Waals surface area (Å²) in [6.07, 6.45) is 3.78. The molecule has 0 saturated heterocycles. The van der Waals surface area contributed by atoms with Crippen molar-refractivity contribution < 1.29 is 5.11 Å². The molecule has 0 fully saturated rings. The summed E-state index contributed by atoms with van der Waals surface area (Å²) in [5.41, 5.74) is 1.10. The molecule has 1 atom stereocenters. The first-order chi connectivity index (χ1) is 4.25. The molecule has 0 saturated carbocycles. The first kappa shape index (κ1) is 6.40. The first-order valence-electron chi connectivity index (χ1n) is 3.27. The molecular formula is C8H12O. The second-order valence-corrected chi connectivity index (χ2v) is 2.51. The molecule has 0 amide bonds. The number of aliphatic hydroxyl groups is 1. The van der Waals surface area contributed by atoms with Gasteiger partial charge in [-0.3, -0.25) is 0 Å². The van der Waals surface area contributed by atoms with Gasteiger partial charge in [0.05, 0.1) is 5.76 Å². The summed E-state index contributed by atoms with van der Waals surface area (Å²) in [7, 11) is 0. The van der Waals surface area contributed by atoms with Crippen LogP contribution in [-0.2, 0) is 0 Å². The van der Waals surface area contributed by atoms with Crippen LogP contribution in [-0.4, -0.2) is 5.11 Å². The van der Waals surface area contributed by atoms with Gasteiger partial charge in [-0.15, -0.1) is 6.58 Å². The van der Waals surface area contributed by atoms with Crippen molar-refractivity contribution >= 4 is 0 Å². The third kappa shape index (κ3) is 0.995. The monoisotopic (exact) mass is 124 g/mol. The molecule has 0 aromatic heterocycles. The van der Waals surface area contributed by atoms with E-state index < -0.39 is 0 Å². The van der Waals surface area contributed by atoms with Gasteiger partial charge in [0.15, 0.2) is 0 Å². The summed E-state index contributed by atoms with van der Waals surface area (Å²) in [5.74, 6) is 1.00. The van der Waals surface area contributed by atoms with Gasteiger partial charge in [0.2, 0.25) is 0 Å². The maximum absolute atomic E-state index is 9.13. The van der Waals surface area contributed by atoms with Crippen LogP contribution in [0.25, 0.3) is 0 Å². The van der Waals surface area contributed by atoms with Crippen molar-refractivity contribution in [2.75, 3.05) is 0 Å². The van der Waals surface area contributed by atoms with Crippen LogP contribution in [0, 0.1) is 5.92 Å². The van der Waals surface area contributed by atoms with Crippen LogP contribution in [0.1, 0.15) is 19.8 Å². The number of hydrogen-bond donors (Lipinski definition) is 1. The van der Waals surface area contributed by atoms with Gasteiger partial charge < -0.3 is 5.11 Å². The zero-order valence-electron chi connectivity index (χ0n) is 5.72. The third-order valence-electron chi connectivity index (χ3n) is 1.99. The van der Waals surface area contributed by atoms with Crippen molar-refractivity contribution in [2.24, 2.45) is 5.92 Å². The topological polar surface area (TPSA) is 20.2 Å². The lowest BCUT2D eigenvalue weighted by atomic mass is 10.0. The highest BCUT2D eigenvalue weighted by atomic mass is 16.3. The highest BCUT2D eigenvalue weighted by Gasteiger charge is 2.18. The van der Waals surface area contributed by atoms with Gasteiger partial charge in [-0.1, -0.05) is 6.08 Å². The van der Waals surface area contributed by atoms with Gasteiger partial charge in [0.1, 0.15) is 0 Å². The highest BCUT2D eigenvalue weighted by Crippen LogP contribution is 2.30. The van der Waals surface area contributed by atoms with E-state index in [2.05, 4.69) is 6.58 Å². The molecule has 1 rings (SSSR count). The zero-order chi connectivity index (χ0) is 6.85. The molecule has 50 valence electrons. The van der Waals surface area contributed by atoms with E-state index in [-0.39, 0.29) is 0 Å². The Kier molecular flexibility index (Phi) is 1.60. The molecule has 0 bridgehead atoms. The van der Waals surface area contributed by atoms with Gasteiger partial charge in [-0.05, 0) is 18.9 Å². The lowest BCUT2D eigenvalue weighted by molar-refractivity contribution is 0.393. The van der Waals surface area contributed by atoms with Crippen LogP contribution in [0.4, 0.5) is 0 Å². The van der Waals surface area contributed by atoms with Crippen molar-refractivity contribution in [1.82, 2.24) is 0 Å². The van der Waals surface area contributed by atoms with Crippen LogP contribution >= 0.6 is 0 Å². The van der Waals surface area contributed by atoms with Gasteiger partial charge in [-0.2, -0.15) is 0 Å². The van der Waals surface area contributed by atoms with Crippen molar-refractivity contribution in [3.8, 4) is 0 Å². The highest BCUT2D eigenvalue weighted by molar-refractivity contribution is 5.19. The fourth-order valence-corrected chi connectivity index (χ4v) is 1.21. The number of hydrogen-bond acceptors (Lipinski definition) is 1. The van der Waals surface area contributed by atoms with E-state index in [1.54, 1.807) is 0 Å². The second-order valence-electron chi connectivity index (χ2n) is 2.51. The van der Waals surface area contributed by atoms with Gasteiger partial charge in [-0.25, -0.2) is 0 Å². The molecule has 1 aliphatic rings. The minimum atomic E-state index is 0.435. The molecule has 0 aromatic rings. The zero-order valence-corrected chi connectivity index (χ0v) is 5.72. The fourth-order valence-electron chi connectivity index (χ4n) is 1.21. The van der Waals surface area contributed by atoms with E-state index >= 15 is 0 Å². The van der Waals surface area contributed by atoms with E-state index in [1.165, 1.54) is 0 Å². The maximum atomic E-state index is 9.13. The summed E-state index contributed by atoms with van der Waals surface area (Å²) in [5, 5.41) is 9.13. The van der Waals surface area contributed by atoms with Gasteiger partial charge in [0.25, 0.3) is 0 Å². The van der Waals surface area contributed by atoms with E-state index in [9.17, 15) is 0 Å². The standard InChI is InChI=1S/C8H12O/c1-3-7-4-5-8(9)6(7)2/h3,7,9H,1,4-5H2,2H3. The van der Waals surface area contributed by atoms with E-state index in [0.29, 0.717) is 11.7 Å². The van der Waals surface area contributed by atoms with Crippen LogP contribution in [0.2, 0.25) is 0 Å². The van der Waals surface area contributed by atoms with E-state index in [4.69, 9.17) is 5.11 Å². The SMILES string of the molecule is C=CC1CCC(O)=C1C. The van der Waals surface area contributed by atoms with Crippen LogP contribution in [0.5, 0.6) is 0 Å². The molecule has 1 aliphatic carbocycles. The summed E-state index contributed by atoms with van der Waals surface area (Å²) >= 11 is 0. The molecule has 1 nitrogen and oxygen atoms in total. The third-order valence-corrected chi connectivity index (χ3v) is 1.99. The van der Waals surface area contributed by atoms with Crippen molar-refractivity contribution in [1.29, 1.82) is 0 Å². The van der Waals surface area contributed by atoms with Crippen molar-refractivity contribution in [2.45, 2.75) is 19.8 Å². The maximum Gasteiger partial charge on any atom is 0.0918 e. The fraction of sp³-hybridized carbons (Fsp3) is 0.500. The molecule has 0 aliphatic heterocycles. The van der Waals surface area contributed by atoms with E-state index in [0.717, 1.165) is 18.4 Å². The number of rotatable bonds is 1. The van der Waals surface area contributed by atoms with Gasteiger partial charge in [0, 0.05) is 12.3 Å². The van der Waals surface area contributed by atoms with E-state index in [1.807, 2.05) is 13.0 Å². The van der Waals surface area contributed by atoms with Crippen LogP contribution in [0.15, 0.2) is 24.0 Å². The first-order valence-corrected chi connectivity index (χ1v) is 3.27. The molecule has 0 heterocycles. The van der Waals surface area contributed by atoms with Crippen molar-refractivity contribution in [3.63, 3.8) is 0 Å². The number of allylic oxidation sites excluding steroid dienone is 3. The smallest absolute Gasteiger partial charge is 0.0918 e. The van der Waals surface area contributed by atoms with Crippen LogP contribution in [0.3, 0.4) is 0 Å². The quantitative estimate of drug-likeness (QED) is 0.532. The molecule has 0 radical (unpaired) electrons. The average Bonchev–Trinajstić information content (AvgIpc) is 2.15. The minimum Gasteiger partial charge on any atom is -0.512 e. The molecule has 1 N–H and O–H groups in total. The Hall–Kier alpha value is -0.720. The molecule has 0 aromatic carbocycles. The molecule has 1 unspecified atom stereocenters. The minimum absolute atomic E-state index is 0.435. The lowest BCUT2D eigenvalue weighted by Gasteiger charge is -2.01. The average molecular weight is 124 g/mol. The Labute approximate surface area is 55.7 Å². The van der Waals surface area contributed by atoms with Gasteiger partial charge >= 0.3 is 0 Å². The summed E-state index contributed by atoms with van der Waals surface area (Å²) in [6.45, 7) is 5.65. The normalized spacial score (nSPS) is 27.0. The van der Waals surface area contributed by atoms with Crippen molar-refractivity contribution in [3.05, 3.63) is 24.0 Å². The Morgan fingerprint density at radius 2 is 2.44 bits per heavy atom. The number of aliphatic hydroxyl groups excluding tert-OH is 1. The Morgan fingerprint density at radius 1 is 1.78 bits per heavy atom. The molecule has 9 heavy (non-hydrogen) atoms. The predicted octanol–water partition coefficient (Wildman–Crippen LogP) is 2.41. The van der Waals surface area contributed by atoms with Crippen LogP contribution < -0.4 is 0 Å². The Balaban J connectivity index is 2.74. The summed E-state index contributed by atoms with van der Waals surface area (Å²) in [6, 6.07) is 0. The summed E-state index contributed by atoms with van der Waals surface area (Å²) < 4.78 is 0. The largest absolute Gasteiger partial charge is 0.512 e. The second kappa shape index (κ2) is 2.26. The lowest BCUT2D eigenvalue weighted by Crippen LogP contribution is -1.89. The molecular weight excluding hydrogens is 112 g/mol. The molecule has 1 heteroatoms. The Morgan fingerprint density at radius 3 is 2.67 bits per heavy atom.